The molecule has 1 spiro atoms. The molecule has 1 aromatic carbocycles. The van der Waals surface area contributed by atoms with E-state index in [1.807, 2.05) is 17.5 Å². The molecule has 3 aromatic heterocycles. The molecule has 1 aliphatic heterocycles. The first-order chi connectivity index (χ1) is 17.3. The van der Waals surface area contributed by atoms with Crippen LogP contribution in [0.2, 0.25) is 0 Å². The van der Waals surface area contributed by atoms with Crippen LogP contribution in [0.25, 0.3) is 5.65 Å². The van der Waals surface area contributed by atoms with Crippen LogP contribution in [0.5, 0.6) is 0 Å². The Labute approximate surface area is 211 Å². The molecule has 1 saturated heterocycles. The lowest BCUT2D eigenvalue weighted by Gasteiger charge is -2.43. The van der Waals surface area contributed by atoms with Gasteiger partial charge in [0.2, 0.25) is 5.95 Å². The Morgan fingerprint density at radius 1 is 1.03 bits per heavy atom. The summed E-state index contributed by atoms with van der Waals surface area (Å²) >= 11 is 1.02. The van der Waals surface area contributed by atoms with E-state index in [2.05, 4.69) is 46.1 Å². The number of nitrogens with zero attached hydrogens (tertiary/aromatic N) is 5. The zero-order valence-electron chi connectivity index (χ0n) is 20.1. The normalized spacial score (nSPS) is 19.2. The third kappa shape index (κ3) is 3.75. The van der Waals surface area contributed by atoms with Crippen molar-refractivity contribution >= 4 is 23.4 Å². The quantitative estimate of drug-likeness (QED) is 0.313. The van der Waals surface area contributed by atoms with E-state index in [-0.39, 0.29) is 10.3 Å². The zero-order chi connectivity index (χ0) is 25.1. The molecule has 0 bridgehead atoms. The van der Waals surface area contributed by atoms with Crippen molar-refractivity contribution in [2.75, 3.05) is 18.0 Å². The van der Waals surface area contributed by atoms with Crippen LogP contribution in [0.15, 0.2) is 64.8 Å². The molecule has 2 aliphatic rings. The standard InChI is InChI=1S/C27H26F3N5S/c1-17-20-7-4-3-6-19(20)16-26(17)9-13-34(14-10-26)25-33-18(2)22(24-32-12-15-35(24)25)36-21-8-5-11-31-23(21)27(28,29)30/h3-8,11-12,15,17H,9-10,13-14,16H2,1-2H3/t17-/m1/s1. The number of hydrogen-bond acceptors (Lipinski definition) is 5. The third-order valence-electron chi connectivity index (χ3n) is 7.93. The predicted octanol–water partition coefficient (Wildman–Crippen LogP) is 6.55. The Morgan fingerprint density at radius 3 is 2.56 bits per heavy atom. The molecule has 36 heavy (non-hydrogen) atoms. The number of imidazole rings is 1. The third-order valence-corrected chi connectivity index (χ3v) is 9.16. The minimum Gasteiger partial charge on any atom is -0.342 e. The molecule has 1 atom stereocenters. The van der Waals surface area contributed by atoms with Gasteiger partial charge in [0.1, 0.15) is 0 Å². The number of rotatable bonds is 3. The lowest BCUT2D eigenvalue weighted by Crippen LogP contribution is -2.43. The Bertz CT molecular complexity index is 1440. The van der Waals surface area contributed by atoms with E-state index in [1.165, 1.54) is 29.5 Å². The second kappa shape index (κ2) is 8.50. The summed E-state index contributed by atoms with van der Waals surface area (Å²) in [7, 11) is 0. The molecular weight excluding hydrogens is 483 g/mol. The highest BCUT2D eigenvalue weighted by Gasteiger charge is 2.45. The minimum atomic E-state index is -4.53. The smallest absolute Gasteiger partial charge is 0.342 e. The van der Waals surface area contributed by atoms with Gasteiger partial charge in [0.05, 0.1) is 10.6 Å². The zero-order valence-corrected chi connectivity index (χ0v) is 20.9. The highest BCUT2D eigenvalue weighted by molar-refractivity contribution is 7.99. The second-order valence-corrected chi connectivity index (χ2v) is 10.9. The number of aromatic nitrogens is 4. The minimum absolute atomic E-state index is 0.0438. The summed E-state index contributed by atoms with van der Waals surface area (Å²) in [5.41, 5.74) is 3.60. The molecule has 1 aliphatic carbocycles. The second-order valence-electron chi connectivity index (χ2n) is 9.84. The molecule has 0 radical (unpaired) electrons. The SMILES string of the molecule is Cc1nc(N2CCC3(CC2)Cc2ccccc2[C@H]3C)n2ccnc2c1Sc1cccnc1C(F)(F)F. The van der Waals surface area contributed by atoms with E-state index in [0.29, 0.717) is 22.2 Å². The molecule has 1 fully saturated rings. The lowest BCUT2D eigenvalue weighted by molar-refractivity contribution is -0.143. The van der Waals surface area contributed by atoms with Crippen molar-refractivity contribution in [3.8, 4) is 0 Å². The molecule has 0 N–H and O–H groups in total. The summed E-state index contributed by atoms with van der Waals surface area (Å²) in [6.07, 6.45) is 3.41. The number of piperidine rings is 1. The molecule has 4 heterocycles. The number of benzene rings is 1. The van der Waals surface area contributed by atoms with Crippen molar-refractivity contribution in [1.29, 1.82) is 0 Å². The van der Waals surface area contributed by atoms with Gasteiger partial charge in [-0.1, -0.05) is 43.0 Å². The van der Waals surface area contributed by atoms with E-state index in [0.717, 1.165) is 50.1 Å². The molecule has 9 heteroatoms. The van der Waals surface area contributed by atoms with Crippen molar-refractivity contribution in [3.05, 3.63) is 77.5 Å². The van der Waals surface area contributed by atoms with Crippen LogP contribution >= 0.6 is 11.8 Å². The number of aryl methyl sites for hydroxylation is 1. The monoisotopic (exact) mass is 509 g/mol. The van der Waals surface area contributed by atoms with Gasteiger partial charge in [-0.05, 0) is 60.8 Å². The van der Waals surface area contributed by atoms with Crippen LogP contribution < -0.4 is 4.90 Å². The molecule has 5 nitrogen and oxygen atoms in total. The van der Waals surface area contributed by atoms with Crippen molar-refractivity contribution < 1.29 is 13.2 Å². The first-order valence-corrected chi connectivity index (χ1v) is 12.9. The van der Waals surface area contributed by atoms with Gasteiger partial charge >= 0.3 is 6.18 Å². The van der Waals surface area contributed by atoms with E-state index in [1.54, 1.807) is 6.20 Å². The number of alkyl halides is 3. The van der Waals surface area contributed by atoms with Crippen molar-refractivity contribution in [3.63, 3.8) is 0 Å². The van der Waals surface area contributed by atoms with Gasteiger partial charge < -0.3 is 4.90 Å². The van der Waals surface area contributed by atoms with E-state index < -0.39 is 11.9 Å². The van der Waals surface area contributed by atoms with Gasteiger partial charge in [-0.15, -0.1) is 0 Å². The number of fused-ring (bicyclic) bond motifs is 2. The summed E-state index contributed by atoms with van der Waals surface area (Å²) in [5, 5.41) is 0. The number of halogens is 3. The van der Waals surface area contributed by atoms with Gasteiger partial charge in [0, 0.05) is 36.6 Å². The van der Waals surface area contributed by atoms with Gasteiger partial charge in [-0.3, -0.25) is 9.38 Å². The first-order valence-electron chi connectivity index (χ1n) is 12.1. The highest BCUT2D eigenvalue weighted by atomic mass is 32.2. The van der Waals surface area contributed by atoms with Gasteiger partial charge in [-0.25, -0.2) is 9.97 Å². The summed E-state index contributed by atoms with van der Waals surface area (Å²) in [4.78, 5) is 15.9. The van der Waals surface area contributed by atoms with Crippen molar-refractivity contribution in [2.24, 2.45) is 5.41 Å². The van der Waals surface area contributed by atoms with Crippen molar-refractivity contribution in [1.82, 2.24) is 19.4 Å². The Morgan fingerprint density at radius 2 is 1.81 bits per heavy atom. The summed E-state index contributed by atoms with van der Waals surface area (Å²) in [6.45, 7) is 5.96. The fourth-order valence-corrected chi connectivity index (χ4v) is 7.00. The Kier molecular flexibility index (Phi) is 5.51. The molecule has 4 aromatic rings. The summed E-state index contributed by atoms with van der Waals surface area (Å²) in [5.74, 6) is 1.32. The van der Waals surface area contributed by atoms with Gasteiger partial charge in [-0.2, -0.15) is 13.2 Å². The fourth-order valence-electron chi connectivity index (χ4n) is 5.93. The highest BCUT2D eigenvalue weighted by Crippen LogP contribution is 2.53. The number of anilines is 1. The van der Waals surface area contributed by atoms with E-state index in [4.69, 9.17) is 4.98 Å². The summed E-state index contributed by atoms with van der Waals surface area (Å²) in [6, 6.07) is 11.8. The largest absolute Gasteiger partial charge is 0.434 e. The first kappa shape index (κ1) is 23.3. The van der Waals surface area contributed by atoms with Gasteiger partial charge in [0.25, 0.3) is 0 Å². The molecular formula is C27H26F3N5S. The molecule has 186 valence electrons. The average Bonchev–Trinajstić information content (AvgIpc) is 3.45. The maximum Gasteiger partial charge on any atom is 0.434 e. The molecule has 0 saturated carbocycles. The number of hydrogen-bond donors (Lipinski definition) is 0. The van der Waals surface area contributed by atoms with Gasteiger partial charge in [0.15, 0.2) is 11.3 Å². The fraction of sp³-hybridized carbons (Fsp3) is 0.370. The number of pyridine rings is 1. The topological polar surface area (TPSA) is 46.3 Å². The van der Waals surface area contributed by atoms with Crippen LogP contribution in [-0.2, 0) is 12.6 Å². The van der Waals surface area contributed by atoms with Crippen LogP contribution in [0.4, 0.5) is 19.1 Å². The van der Waals surface area contributed by atoms with Crippen LogP contribution in [0.3, 0.4) is 0 Å². The van der Waals surface area contributed by atoms with Crippen LogP contribution in [0.1, 0.15) is 48.2 Å². The lowest BCUT2D eigenvalue weighted by atomic mass is 9.70. The average molecular weight is 510 g/mol. The van der Waals surface area contributed by atoms with Crippen LogP contribution in [0, 0.1) is 12.3 Å². The predicted molar refractivity (Wildman–Crippen MR) is 134 cm³/mol. The van der Waals surface area contributed by atoms with E-state index >= 15 is 0 Å². The summed E-state index contributed by atoms with van der Waals surface area (Å²) < 4.78 is 42.5. The van der Waals surface area contributed by atoms with Crippen LogP contribution in [-0.4, -0.2) is 32.4 Å². The van der Waals surface area contributed by atoms with E-state index in [9.17, 15) is 13.2 Å². The molecule has 0 amide bonds. The Balaban J connectivity index is 1.29. The van der Waals surface area contributed by atoms with Crippen molar-refractivity contribution in [2.45, 2.75) is 55.0 Å². The Hall–Kier alpha value is -3.07. The maximum absolute atomic E-state index is 13.5. The molecule has 6 rings (SSSR count). The maximum atomic E-state index is 13.5. The molecule has 0 unspecified atom stereocenters.